The number of hydrogen-bond acceptors (Lipinski definition) is 1. The van der Waals surface area contributed by atoms with E-state index in [1.807, 2.05) is 42.5 Å². The van der Waals surface area contributed by atoms with Gasteiger partial charge in [-0.3, -0.25) is 0 Å². The molecule has 0 bridgehead atoms. The molecule has 0 heterocycles. The summed E-state index contributed by atoms with van der Waals surface area (Å²) >= 11 is 0. The van der Waals surface area contributed by atoms with Crippen molar-refractivity contribution in [2.45, 2.75) is 6.42 Å². The number of benzene rings is 3. The fraction of sp³-hybridized carbons (Fsp3) is 0.105. The van der Waals surface area contributed by atoms with Gasteiger partial charge in [-0.25, -0.2) is 9.18 Å². The molecule has 116 valence electrons. The van der Waals surface area contributed by atoms with Crippen LogP contribution in [0.15, 0.2) is 66.7 Å². The summed E-state index contributed by atoms with van der Waals surface area (Å²) in [6.07, 6.45) is 0.656. The molecule has 3 rings (SSSR count). The van der Waals surface area contributed by atoms with Gasteiger partial charge in [0, 0.05) is 11.9 Å². The molecule has 0 aliphatic rings. The summed E-state index contributed by atoms with van der Waals surface area (Å²) in [4.78, 5) is 12.0. The van der Waals surface area contributed by atoms with Crippen LogP contribution in [0, 0.1) is 5.82 Å². The van der Waals surface area contributed by atoms with Crippen molar-refractivity contribution in [1.29, 1.82) is 0 Å². The molecule has 3 aromatic carbocycles. The molecule has 0 aliphatic carbocycles. The van der Waals surface area contributed by atoms with E-state index in [9.17, 15) is 9.18 Å². The van der Waals surface area contributed by atoms with Crippen LogP contribution in [0.25, 0.3) is 10.8 Å². The molecule has 3 aromatic rings. The summed E-state index contributed by atoms with van der Waals surface area (Å²) in [6.45, 7) is 0.488. The van der Waals surface area contributed by atoms with Crippen LogP contribution in [-0.4, -0.2) is 12.6 Å². The predicted molar refractivity (Wildman–Crippen MR) is 91.1 cm³/mol. The molecule has 0 radical (unpaired) electrons. The number of halogens is 1. The van der Waals surface area contributed by atoms with Gasteiger partial charge in [0.1, 0.15) is 5.82 Å². The maximum absolute atomic E-state index is 12.8. The molecule has 4 heteroatoms. The van der Waals surface area contributed by atoms with Crippen LogP contribution in [0.5, 0.6) is 0 Å². The highest BCUT2D eigenvalue weighted by Crippen LogP contribution is 2.22. The van der Waals surface area contributed by atoms with Crippen LogP contribution < -0.4 is 10.6 Å². The van der Waals surface area contributed by atoms with Crippen molar-refractivity contribution >= 4 is 22.5 Å². The number of fused-ring (bicyclic) bond motifs is 1. The monoisotopic (exact) mass is 308 g/mol. The lowest BCUT2D eigenvalue weighted by Gasteiger charge is -2.10. The molecule has 2 amide bonds. The molecule has 0 aromatic heterocycles. The lowest BCUT2D eigenvalue weighted by Crippen LogP contribution is -2.30. The average molecular weight is 308 g/mol. The maximum atomic E-state index is 12.8. The van der Waals surface area contributed by atoms with Crippen molar-refractivity contribution in [3.05, 3.63) is 78.1 Å². The van der Waals surface area contributed by atoms with Crippen LogP contribution in [-0.2, 0) is 6.42 Å². The molecule has 3 nitrogen and oxygen atoms in total. The normalized spacial score (nSPS) is 10.5. The Morgan fingerprint density at radius 1 is 0.913 bits per heavy atom. The molecule has 0 saturated carbocycles. The fourth-order valence-electron chi connectivity index (χ4n) is 2.47. The van der Waals surface area contributed by atoms with E-state index in [4.69, 9.17) is 0 Å². The minimum absolute atomic E-state index is 0.247. The number of amides is 2. The number of carbonyl (C=O) groups excluding carboxylic acids is 1. The Hall–Kier alpha value is -2.88. The number of rotatable bonds is 4. The first-order valence-electron chi connectivity index (χ1n) is 7.49. The molecule has 0 spiro atoms. The molecular formula is C19H17FN2O. The lowest BCUT2D eigenvalue weighted by molar-refractivity contribution is 0.252. The van der Waals surface area contributed by atoms with E-state index in [1.54, 1.807) is 12.1 Å². The zero-order valence-corrected chi connectivity index (χ0v) is 12.6. The summed E-state index contributed by atoms with van der Waals surface area (Å²) in [7, 11) is 0. The van der Waals surface area contributed by atoms with Crippen molar-refractivity contribution in [1.82, 2.24) is 5.32 Å². The van der Waals surface area contributed by atoms with E-state index < -0.39 is 0 Å². The molecule has 2 N–H and O–H groups in total. The number of anilines is 1. The third-order valence-corrected chi connectivity index (χ3v) is 3.65. The minimum atomic E-state index is -0.254. The second kappa shape index (κ2) is 6.92. The van der Waals surface area contributed by atoms with Gasteiger partial charge in [-0.1, -0.05) is 48.5 Å². The van der Waals surface area contributed by atoms with E-state index in [1.165, 1.54) is 12.1 Å². The summed E-state index contributed by atoms with van der Waals surface area (Å²) < 4.78 is 12.8. The zero-order chi connectivity index (χ0) is 16.1. The molecule has 0 aliphatic heterocycles. The summed E-state index contributed by atoms with van der Waals surface area (Å²) in [6, 6.07) is 19.7. The Balaban J connectivity index is 1.57. The smallest absolute Gasteiger partial charge is 0.319 e. The molecule has 0 saturated heterocycles. The highest BCUT2D eigenvalue weighted by Gasteiger charge is 2.04. The van der Waals surface area contributed by atoms with Crippen LogP contribution in [0.2, 0.25) is 0 Å². The second-order valence-corrected chi connectivity index (χ2v) is 5.28. The fourth-order valence-corrected chi connectivity index (χ4v) is 2.47. The quantitative estimate of drug-likeness (QED) is 0.739. The van der Waals surface area contributed by atoms with Crippen LogP contribution >= 0.6 is 0 Å². The first-order valence-corrected chi connectivity index (χ1v) is 7.49. The van der Waals surface area contributed by atoms with Gasteiger partial charge in [0.15, 0.2) is 0 Å². The van der Waals surface area contributed by atoms with Gasteiger partial charge in [0.25, 0.3) is 0 Å². The Morgan fingerprint density at radius 3 is 2.48 bits per heavy atom. The number of nitrogens with one attached hydrogen (secondary N) is 2. The van der Waals surface area contributed by atoms with E-state index in [0.717, 1.165) is 22.0 Å². The highest BCUT2D eigenvalue weighted by molar-refractivity contribution is 6.01. The number of urea groups is 1. The van der Waals surface area contributed by atoms with Crippen LogP contribution in [0.1, 0.15) is 5.56 Å². The Bertz CT molecular complexity index is 810. The first kappa shape index (κ1) is 15.0. The van der Waals surface area contributed by atoms with Gasteiger partial charge in [0.05, 0.1) is 5.69 Å². The Kier molecular flexibility index (Phi) is 4.52. The summed E-state index contributed by atoms with van der Waals surface area (Å²) in [5, 5.41) is 7.77. The van der Waals surface area contributed by atoms with E-state index in [0.29, 0.717) is 13.0 Å². The standard InChI is InChI=1S/C19H17FN2O/c20-16-10-8-14(9-11-16)12-13-21-19(23)22-18-7-3-5-15-4-1-2-6-17(15)18/h1-11H,12-13H2,(H2,21,22,23). The minimum Gasteiger partial charge on any atom is -0.338 e. The van der Waals surface area contributed by atoms with Gasteiger partial charge in [0.2, 0.25) is 0 Å². The van der Waals surface area contributed by atoms with Crippen molar-refractivity contribution in [3.8, 4) is 0 Å². The third kappa shape index (κ3) is 3.86. The number of hydrogen-bond donors (Lipinski definition) is 2. The van der Waals surface area contributed by atoms with E-state index in [-0.39, 0.29) is 11.8 Å². The average Bonchev–Trinajstić information content (AvgIpc) is 2.57. The molecule has 0 unspecified atom stereocenters. The molecule has 0 fully saturated rings. The van der Waals surface area contributed by atoms with Crippen LogP contribution in [0.4, 0.5) is 14.9 Å². The molecular weight excluding hydrogens is 291 g/mol. The topological polar surface area (TPSA) is 41.1 Å². The molecule has 23 heavy (non-hydrogen) atoms. The number of carbonyl (C=O) groups is 1. The van der Waals surface area contributed by atoms with Gasteiger partial charge in [-0.15, -0.1) is 0 Å². The summed E-state index contributed by atoms with van der Waals surface area (Å²) in [5.41, 5.74) is 1.76. The highest BCUT2D eigenvalue weighted by atomic mass is 19.1. The Morgan fingerprint density at radius 2 is 1.65 bits per heavy atom. The summed E-state index contributed by atoms with van der Waals surface area (Å²) in [5.74, 6) is -0.254. The van der Waals surface area contributed by atoms with E-state index in [2.05, 4.69) is 10.6 Å². The van der Waals surface area contributed by atoms with Crippen molar-refractivity contribution in [2.75, 3.05) is 11.9 Å². The molecule has 0 atom stereocenters. The van der Waals surface area contributed by atoms with Gasteiger partial charge < -0.3 is 10.6 Å². The van der Waals surface area contributed by atoms with Crippen LogP contribution in [0.3, 0.4) is 0 Å². The van der Waals surface area contributed by atoms with Crippen molar-refractivity contribution in [3.63, 3.8) is 0 Å². The third-order valence-electron chi connectivity index (χ3n) is 3.65. The van der Waals surface area contributed by atoms with Gasteiger partial charge >= 0.3 is 6.03 Å². The SMILES string of the molecule is O=C(NCCc1ccc(F)cc1)Nc1cccc2ccccc12. The lowest BCUT2D eigenvalue weighted by atomic mass is 10.1. The van der Waals surface area contributed by atoms with Crippen molar-refractivity contribution < 1.29 is 9.18 Å². The maximum Gasteiger partial charge on any atom is 0.319 e. The van der Waals surface area contributed by atoms with Crippen molar-refractivity contribution in [2.24, 2.45) is 0 Å². The largest absolute Gasteiger partial charge is 0.338 e. The second-order valence-electron chi connectivity index (χ2n) is 5.28. The van der Waals surface area contributed by atoms with Gasteiger partial charge in [-0.2, -0.15) is 0 Å². The Labute approximate surface area is 134 Å². The predicted octanol–water partition coefficient (Wildman–Crippen LogP) is 4.34. The zero-order valence-electron chi connectivity index (χ0n) is 12.6. The first-order chi connectivity index (χ1) is 11.2. The van der Waals surface area contributed by atoms with E-state index >= 15 is 0 Å². The van der Waals surface area contributed by atoms with Gasteiger partial charge in [-0.05, 0) is 35.6 Å².